The number of hydrogen-bond donors (Lipinski definition) is 1. The van der Waals surface area contributed by atoms with Crippen molar-refractivity contribution < 1.29 is 14.3 Å². The number of esters is 1. The van der Waals surface area contributed by atoms with Crippen LogP contribution in [0.3, 0.4) is 0 Å². The van der Waals surface area contributed by atoms with Crippen LogP contribution in [-0.4, -0.2) is 36.9 Å². The third-order valence-corrected chi connectivity index (χ3v) is 3.40. The van der Waals surface area contributed by atoms with Gasteiger partial charge in [0.25, 0.3) is 0 Å². The molecule has 0 aromatic carbocycles. The lowest BCUT2D eigenvalue weighted by atomic mass is 10.2. The summed E-state index contributed by atoms with van der Waals surface area (Å²) < 4.78 is 10.0. The second kappa shape index (κ2) is 6.27. The Morgan fingerprint density at radius 1 is 1.71 bits per heavy atom. The zero-order valence-electron chi connectivity index (χ0n) is 8.40. The predicted octanol–water partition coefficient (Wildman–Crippen LogP) is 0.746. The quantitative estimate of drug-likeness (QED) is 0.707. The highest BCUT2D eigenvalue weighted by Crippen LogP contribution is 2.23. The second-order valence-corrected chi connectivity index (χ2v) is 4.45. The van der Waals surface area contributed by atoms with E-state index in [0.29, 0.717) is 5.75 Å². The van der Waals surface area contributed by atoms with Crippen LogP contribution >= 0.6 is 11.8 Å². The van der Waals surface area contributed by atoms with Crippen molar-refractivity contribution in [2.24, 2.45) is 5.73 Å². The molecule has 14 heavy (non-hydrogen) atoms. The molecule has 0 aliphatic carbocycles. The molecular formula is C9H17NO3S. The summed E-state index contributed by atoms with van der Waals surface area (Å²) in [6.07, 6.45) is 3.39. The van der Waals surface area contributed by atoms with Crippen molar-refractivity contribution >= 4 is 17.7 Å². The van der Waals surface area contributed by atoms with E-state index < -0.39 is 6.04 Å². The molecule has 0 aromatic heterocycles. The van der Waals surface area contributed by atoms with E-state index in [1.54, 1.807) is 11.8 Å². The van der Waals surface area contributed by atoms with Crippen LogP contribution in [0.1, 0.15) is 19.3 Å². The Balaban J connectivity index is 2.15. The third kappa shape index (κ3) is 3.86. The van der Waals surface area contributed by atoms with Gasteiger partial charge in [0.15, 0.2) is 0 Å². The van der Waals surface area contributed by atoms with Gasteiger partial charge in [-0.2, -0.15) is 0 Å². The highest BCUT2D eigenvalue weighted by atomic mass is 32.2. The highest BCUT2D eigenvalue weighted by Gasteiger charge is 2.19. The number of rotatable bonds is 4. The molecule has 0 amide bonds. The zero-order valence-corrected chi connectivity index (χ0v) is 9.22. The van der Waals surface area contributed by atoms with Crippen LogP contribution in [0.4, 0.5) is 0 Å². The summed E-state index contributed by atoms with van der Waals surface area (Å²) in [6, 6.07) is -0.532. The van der Waals surface area contributed by atoms with Gasteiger partial charge >= 0.3 is 5.97 Å². The topological polar surface area (TPSA) is 61.5 Å². The van der Waals surface area contributed by atoms with E-state index in [-0.39, 0.29) is 11.4 Å². The van der Waals surface area contributed by atoms with E-state index in [9.17, 15) is 4.79 Å². The van der Waals surface area contributed by atoms with Crippen LogP contribution in [-0.2, 0) is 14.3 Å². The van der Waals surface area contributed by atoms with Crippen molar-refractivity contribution in [3.8, 4) is 0 Å². The molecule has 1 heterocycles. The molecule has 2 atom stereocenters. The molecule has 1 rings (SSSR count). The van der Waals surface area contributed by atoms with Gasteiger partial charge in [-0.1, -0.05) is 0 Å². The minimum absolute atomic E-state index is 0.208. The standard InChI is InChI=1S/C9H17NO3S/c1-12-9(11)7(10)6-14-8-4-2-3-5-13-8/h7-8H,2-6,10H2,1H3. The number of nitrogens with two attached hydrogens (primary N) is 1. The Bertz CT molecular complexity index is 183. The van der Waals surface area contributed by atoms with E-state index >= 15 is 0 Å². The van der Waals surface area contributed by atoms with E-state index in [2.05, 4.69) is 4.74 Å². The van der Waals surface area contributed by atoms with Crippen molar-refractivity contribution in [2.75, 3.05) is 19.5 Å². The molecule has 0 bridgehead atoms. The Morgan fingerprint density at radius 3 is 3.07 bits per heavy atom. The summed E-state index contributed by atoms with van der Waals surface area (Å²) in [5.41, 5.74) is 5.80. The summed E-state index contributed by atoms with van der Waals surface area (Å²) in [7, 11) is 1.35. The van der Waals surface area contributed by atoms with Crippen molar-refractivity contribution in [3.63, 3.8) is 0 Å². The van der Waals surface area contributed by atoms with Gasteiger partial charge in [-0.15, -0.1) is 11.8 Å². The van der Waals surface area contributed by atoms with Crippen LogP contribution in [0, 0.1) is 0 Å². The SMILES string of the molecule is COC(=O)C(N)CSC1CCCCO1. The number of ether oxygens (including phenoxy) is 2. The minimum Gasteiger partial charge on any atom is -0.468 e. The van der Waals surface area contributed by atoms with E-state index in [0.717, 1.165) is 19.4 Å². The lowest BCUT2D eigenvalue weighted by Gasteiger charge is -2.22. The molecule has 0 aromatic rings. The lowest BCUT2D eigenvalue weighted by Crippen LogP contribution is -2.35. The maximum atomic E-state index is 11.0. The molecule has 1 saturated heterocycles. The van der Waals surface area contributed by atoms with Crippen LogP contribution in [0.25, 0.3) is 0 Å². The summed E-state index contributed by atoms with van der Waals surface area (Å²) in [5.74, 6) is 0.213. The average molecular weight is 219 g/mol. The summed E-state index contributed by atoms with van der Waals surface area (Å²) in [6.45, 7) is 0.825. The summed E-state index contributed by atoms with van der Waals surface area (Å²) in [5, 5.41) is 0. The number of methoxy groups -OCH3 is 1. The minimum atomic E-state index is -0.532. The van der Waals surface area contributed by atoms with Crippen LogP contribution in [0.2, 0.25) is 0 Å². The monoisotopic (exact) mass is 219 g/mol. The Morgan fingerprint density at radius 2 is 2.50 bits per heavy atom. The second-order valence-electron chi connectivity index (χ2n) is 3.26. The summed E-state index contributed by atoms with van der Waals surface area (Å²) in [4.78, 5) is 11.0. The first-order valence-electron chi connectivity index (χ1n) is 4.80. The fraction of sp³-hybridized carbons (Fsp3) is 0.889. The number of carbonyl (C=O) groups is 1. The molecule has 0 spiro atoms. The molecule has 5 heteroatoms. The van der Waals surface area contributed by atoms with Crippen molar-refractivity contribution in [1.82, 2.24) is 0 Å². The first kappa shape index (κ1) is 11.8. The molecule has 0 radical (unpaired) electrons. The van der Waals surface area contributed by atoms with Gasteiger partial charge in [0.1, 0.15) is 11.5 Å². The van der Waals surface area contributed by atoms with Crippen LogP contribution < -0.4 is 5.73 Å². The first-order chi connectivity index (χ1) is 6.74. The molecule has 82 valence electrons. The van der Waals surface area contributed by atoms with E-state index in [1.807, 2.05) is 0 Å². The number of thioether (sulfide) groups is 1. The van der Waals surface area contributed by atoms with Crippen molar-refractivity contribution in [3.05, 3.63) is 0 Å². The van der Waals surface area contributed by atoms with Gasteiger partial charge < -0.3 is 15.2 Å². The third-order valence-electron chi connectivity index (χ3n) is 2.10. The van der Waals surface area contributed by atoms with Gasteiger partial charge in [0.05, 0.1) is 7.11 Å². The molecule has 2 unspecified atom stereocenters. The van der Waals surface area contributed by atoms with E-state index in [4.69, 9.17) is 10.5 Å². The smallest absolute Gasteiger partial charge is 0.323 e. The van der Waals surface area contributed by atoms with Gasteiger partial charge in [0, 0.05) is 12.4 Å². The Kier molecular flexibility index (Phi) is 5.29. The fourth-order valence-corrected chi connectivity index (χ4v) is 2.36. The van der Waals surface area contributed by atoms with E-state index in [1.165, 1.54) is 13.5 Å². The molecule has 1 fully saturated rings. The molecular weight excluding hydrogens is 202 g/mol. The van der Waals surface area contributed by atoms with Crippen molar-refractivity contribution in [1.29, 1.82) is 0 Å². The Hall–Kier alpha value is -0.260. The fourth-order valence-electron chi connectivity index (χ4n) is 1.27. The van der Waals surface area contributed by atoms with Gasteiger partial charge in [-0.05, 0) is 19.3 Å². The van der Waals surface area contributed by atoms with Gasteiger partial charge in [-0.25, -0.2) is 0 Å². The number of hydrogen-bond acceptors (Lipinski definition) is 5. The van der Waals surface area contributed by atoms with Crippen LogP contribution in [0.15, 0.2) is 0 Å². The molecule has 4 nitrogen and oxygen atoms in total. The lowest BCUT2D eigenvalue weighted by molar-refractivity contribution is -0.141. The maximum Gasteiger partial charge on any atom is 0.323 e. The molecule has 1 aliphatic heterocycles. The van der Waals surface area contributed by atoms with Crippen molar-refractivity contribution in [2.45, 2.75) is 30.7 Å². The highest BCUT2D eigenvalue weighted by molar-refractivity contribution is 7.99. The zero-order chi connectivity index (χ0) is 10.4. The predicted molar refractivity (Wildman–Crippen MR) is 56.0 cm³/mol. The average Bonchev–Trinajstić information content (AvgIpc) is 2.26. The number of carbonyl (C=O) groups excluding carboxylic acids is 1. The molecule has 0 saturated carbocycles. The Labute approximate surface area is 88.5 Å². The molecule has 2 N–H and O–H groups in total. The van der Waals surface area contributed by atoms with Crippen LogP contribution in [0.5, 0.6) is 0 Å². The summed E-state index contributed by atoms with van der Waals surface area (Å²) >= 11 is 1.60. The van der Waals surface area contributed by atoms with Gasteiger partial charge in [-0.3, -0.25) is 4.79 Å². The largest absolute Gasteiger partial charge is 0.468 e. The first-order valence-corrected chi connectivity index (χ1v) is 5.85. The normalized spacial score (nSPS) is 24.3. The molecule has 1 aliphatic rings. The maximum absolute atomic E-state index is 11.0. The van der Waals surface area contributed by atoms with Gasteiger partial charge in [0.2, 0.25) is 0 Å².